The number of nitrogens with one attached hydrogen (secondary N) is 2. The normalized spacial score (nSPS) is 11.2. The molecule has 0 bridgehead atoms. The van der Waals surface area contributed by atoms with Crippen molar-refractivity contribution in [3.8, 4) is 5.75 Å². The summed E-state index contributed by atoms with van der Waals surface area (Å²) in [7, 11) is 1.60. The van der Waals surface area contributed by atoms with Crippen LogP contribution >= 0.6 is 0 Å². The number of carbonyl (C=O) groups excluding carboxylic acids is 1. The van der Waals surface area contributed by atoms with Crippen LogP contribution in [0.25, 0.3) is 10.9 Å². The van der Waals surface area contributed by atoms with Crippen LogP contribution in [-0.2, 0) is 0 Å². The molecule has 0 aliphatic rings. The number of benzene rings is 1. The summed E-state index contributed by atoms with van der Waals surface area (Å²) in [6.45, 7) is 6.79. The number of aromatic nitrogens is 1. The Labute approximate surface area is 124 Å². The number of carbonyl (C=O) groups is 1. The molecular weight excluding hydrogens is 266 g/mol. The molecule has 2 N–H and O–H groups in total. The summed E-state index contributed by atoms with van der Waals surface area (Å²) in [5.74, 6) is 0.682. The van der Waals surface area contributed by atoms with Crippen LogP contribution in [0.15, 0.2) is 30.5 Å². The Balaban J connectivity index is 2.23. The zero-order chi connectivity index (χ0) is 15.5. The molecule has 2 aromatic rings. The fourth-order valence-electron chi connectivity index (χ4n) is 1.89. The van der Waals surface area contributed by atoms with Crippen LogP contribution in [-0.4, -0.2) is 24.7 Å². The largest absolute Gasteiger partial charge is 0.497 e. The summed E-state index contributed by atoms with van der Waals surface area (Å²) in [4.78, 5) is 16.3. The summed E-state index contributed by atoms with van der Waals surface area (Å²) >= 11 is 0. The first-order valence-corrected chi connectivity index (χ1v) is 6.87. The second kappa shape index (κ2) is 5.99. The number of methoxy groups -OCH3 is 1. The third-order valence-corrected chi connectivity index (χ3v) is 2.94. The summed E-state index contributed by atoms with van der Waals surface area (Å²) in [6.07, 6.45) is 1.70. The Kier molecular flexibility index (Phi) is 4.31. The standard InChI is InChI=1S/C16H21N3O2/c1-16(2,3)10-18-15(20)19-13-9-12(21-4)8-11-6-5-7-17-14(11)13/h5-9H,10H2,1-4H3,(H2,18,19,20). The van der Waals surface area contributed by atoms with Gasteiger partial charge in [-0.15, -0.1) is 0 Å². The fraction of sp³-hybridized carbons (Fsp3) is 0.375. The highest BCUT2D eigenvalue weighted by Gasteiger charge is 2.13. The van der Waals surface area contributed by atoms with Crippen LogP contribution in [0.3, 0.4) is 0 Å². The molecule has 5 heteroatoms. The van der Waals surface area contributed by atoms with E-state index in [2.05, 4.69) is 36.4 Å². The molecule has 0 aliphatic heterocycles. The number of rotatable bonds is 3. The minimum atomic E-state index is -0.245. The SMILES string of the molecule is COc1cc(NC(=O)NCC(C)(C)C)c2ncccc2c1. The van der Waals surface area contributed by atoms with Gasteiger partial charge in [-0.3, -0.25) is 4.98 Å². The second-order valence-electron chi connectivity index (χ2n) is 6.12. The fourth-order valence-corrected chi connectivity index (χ4v) is 1.89. The van der Waals surface area contributed by atoms with E-state index < -0.39 is 0 Å². The van der Waals surface area contributed by atoms with Gasteiger partial charge in [-0.25, -0.2) is 4.79 Å². The second-order valence-corrected chi connectivity index (χ2v) is 6.12. The Morgan fingerprint density at radius 1 is 1.33 bits per heavy atom. The van der Waals surface area contributed by atoms with Crippen molar-refractivity contribution in [2.75, 3.05) is 19.0 Å². The van der Waals surface area contributed by atoms with Gasteiger partial charge in [-0.2, -0.15) is 0 Å². The van der Waals surface area contributed by atoms with Gasteiger partial charge in [0.25, 0.3) is 0 Å². The van der Waals surface area contributed by atoms with E-state index in [1.807, 2.05) is 18.2 Å². The number of pyridine rings is 1. The number of ether oxygens (including phenoxy) is 1. The van der Waals surface area contributed by atoms with E-state index >= 15 is 0 Å². The highest BCUT2D eigenvalue weighted by atomic mass is 16.5. The molecule has 2 amide bonds. The number of hydrogen-bond donors (Lipinski definition) is 2. The topological polar surface area (TPSA) is 63.2 Å². The van der Waals surface area contributed by atoms with E-state index in [0.717, 1.165) is 10.9 Å². The molecule has 0 unspecified atom stereocenters. The molecule has 2 rings (SSSR count). The Bertz CT molecular complexity index is 648. The van der Waals surface area contributed by atoms with E-state index in [4.69, 9.17) is 4.74 Å². The van der Waals surface area contributed by atoms with Gasteiger partial charge in [0.2, 0.25) is 0 Å². The predicted octanol–water partition coefficient (Wildman–Crippen LogP) is 3.41. The van der Waals surface area contributed by atoms with Crippen LogP contribution in [0.1, 0.15) is 20.8 Å². The Morgan fingerprint density at radius 2 is 2.10 bits per heavy atom. The van der Waals surface area contributed by atoms with Gasteiger partial charge in [0, 0.05) is 24.2 Å². The van der Waals surface area contributed by atoms with Crippen molar-refractivity contribution in [1.82, 2.24) is 10.3 Å². The minimum absolute atomic E-state index is 0.0338. The van der Waals surface area contributed by atoms with Gasteiger partial charge in [0.15, 0.2) is 0 Å². The Morgan fingerprint density at radius 3 is 2.76 bits per heavy atom. The predicted molar refractivity (Wildman–Crippen MR) is 84.8 cm³/mol. The molecule has 0 atom stereocenters. The molecule has 1 aromatic carbocycles. The lowest BCUT2D eigenvalue weighted by atomic mass is 9.97. The van der Waals surface area contributed by atoms with Gasteiger partial charge >= 0.3 is 6.03 Å². The molecule has 112 valence electrons. The molecular formula is C16H21N3O2. The van der Waals surface area contributed by atoms with Crippen molar-refractivity contribution >= 4 is 22.6 Å². The summed E-state index contributed by atoms with van der Waals surface area (Å²) in [5, 5.41) is 6.61. The van der Waals surface area contributed by atoms with Crippen LogP contribution in [0, 0.1) is 5.41 Å². The van der Waals surface area contributed by atoms with E-state index in [-0.39, 0.29) is 11.4 Å². The van der Waals surface area contributed by atoms with E-state index in [1.165, 1.54) is 0 Å². The van der Waals surface area contributed by atoms with Crippen molar-refractivity contribution in [3.63, 3.8) is 0 Å². The number of nitrogens with zero attached hydrogens (tertiary/aromatic N) is 1. The van der Waals surface area contributed by atoms with Gasteiger partial charge in [-0.1, -0.05) is 26.8 Å². The first-order valence-electron chi connectivity index (χ1n) is 6.87. The number of amides is 2. The van der Waals surface area contributed by atoms with Crippen LogP contribution in [0.4, 0.5) is 10.5 Å². The quantitative estimate of drug-likeness (QED) is 0.909. The van der Waals surface area contributed by atoms with Crippen molar-refractivity contribution < 1.29 is 9.53 Å². The molecule has 0 aliphatic carbocycles. The van der Waals surface area contributed by atoms with E-state index in [0.29, 0.717) is 18.0 Å². The lowest BCUT2D eigenvalue weighted by Gasteiger charge is -2.19. The van der Waals surface area contributed by atoms with Crippen LogP contribution in [0.2, 0.25) is 0 Å². The van der Waals surface area contributed by atoms with Gasteiger partial charge < -0.3 is 15.4 Å². The maximum Gasteiger partial charge on any atom is 0.319 e. The maximum atomic E-state index is 12.0. The number of fused-ring (bicyclic) bond motifs is 1. The summed E-state index contributed by atoms with van der Waals surface area (Å²) < 4.78 is 5.26. The zero-order valence-corrected chi connectivity index (χ0v) is 12.9. The Hall–Kier alpha value is -2.30. The van der Waals surface area contributed by atoms with Crippen LogP contribution < -0.4 is 15.4 Å². The summed E-state index contributed by atoms with van der Waals surface area (Å²) in [6, 6.07) is 7.20. The molecule has 0 radical (unpaired) electrons. The number of urea groups is 1. The van der Waals surface area contributed by atoms with Gasteiger partial charge in [-0.05, 0) is 17.5 Å². The molecule has 1 heterocycles. The molecule has 1 aromatic heterocycles. The third-order valence-electron chi connectivity index (χ3n) is 2.94. The summed E-state index contributed by atoms with van der Waals surface area (Å²) in [5.41, 5.74) is 1.41. The molecule has 0 saturated heterocycles. The monoisotopic (exact) mass is 287 g/mol. The lowest BCUT2D eigenvalue weighted by molar-refractivity contribution is 0.247. The molecule has 0 spiro atoms. The highest BCUT2D eigenvalue weighted by molar-refractivity contribution is 6.00. The van der Waals surface area contributed by atoms with Gasteiger partial charge in [0.05, 0.1) is 18.3 Å². The third kappa shape index (κ3) is 4.08. The smallest absolute Gasteiger partial charge is 0.319 e. The zero-order valence-electron chi connectivity index (χ0n) is 12.9. The van der Waals surface area contributed by atoms with E-state index in [1.54, 1.807) is 19.4 Å². The van der Waals surface area contributed by atoms with Crippen molar-refractivity contribution in [1.29, 1.82) is 0 Å². The van der Waals surface area contributed by atoms with Gasteiger partial charge in [0.1, 0.15) is 5.75 Å². The maximum absolute atomic E-state index is 12.0. The van der Waals surface area contributed by atoms with Crippen LogP contribution in [0.5, 0.6) is 5.75 Å². The number of hydrogen-bond acceptors (Lipinski definition) is 3. The minimum Gasteiger partial charge on any atom is -0.497 e. The van der Waals surface area contributed by atoms with E-state index in [9.17, 15) is 4.79 Å². The first kappa shape index (κ1) is 15.1. The highest BCUT2D eigenvalue weighted by Crippen LogP contribution is 2.27. The molecule has 0 saturated carbocycles. The van der Waals surface area contributed by atoms with Crippen molar-refractivity contribution in [3.05, 3.63) is 30.5 Å². The number of anilines is 1. The molecule has 0 fully saturated rings. The first-order chi connectivity index (χ1) is 9.89. The van der Waals surface area contributed by atoms with Crippen molar-refractivity contribution in [2.45, 2.75) is 20.8 Å². The van der Waals surface area contributed by atoms with Crippen molar-refractivity contribution in [2.24, 2.45) is 5.41 Å². The molecule has 5 nitrogen and oxygen atoms in total. The average molecular weight is 287 g/mol. The average Bonchev–Trinajstić information content (AvgIpc) is 2.44. The molecule has 21 heavy (non-hydrogen) atoms. The lowest BCUT2D eigenvalue weighted by Crippen LogP contribution is -2.35.